The average molecular weight is 206 g/mol. The van der Waals surface area contributed by atoms with Crippen LogP contribution in [0.15, 0.2) is 30.3 Å². The van der Waals surface area contributed by atoms with Crippen molar-refractivity contribution in [1.82, 2.24) is 0 Å². The first-order chi connectivity index (χ1) is 7.33. The van der Waals surface area contributed by atoms with E-state index in [1.54, 1.807) is 6.08 Å². The molecule has 0 aliphatic heterocycles. The molecule has 1 aromatic rings. The summed E-state index contributed by atoms with van der Waals surface area (Å²) in [4.78, 5) is 9.98. The Morgan fingerprint density at radius 3 is 2.13 bits per heavy atom. The Morgan fingerprint density at radius 2 is 1.67 bits per heavy atom. The van der Waals surface area contributed by atoms with Crippen LogP contribution in [0.2, 0.25) is 0 Å². The van der Waals surface area contributed by atoms with Crippen LogP contribution in [0.5, 0.6) is 0 Å². The lowest BCUT2D eigenvalue weighted by Crippen LogP contribution is -1.74. The van der Waals surface area contributed by atoms with Crippen LogP contribution in [0, 0.1) is 6.92 Å². The molecule has 0 aromatic heterocycles. The third-order valence-corrected chi connectivity index (χ3v) is 1.41. The second kappa shape index (κ2) is 12.6. The SMILES string of the molecule is CC.CC.Cc1cccc(/C=C/C=O)c1. The van der Waals surface area contributed by atoms with Crippen LogP contribution in [0.25, 0.3) is 6.08 Å². The van der Waals surface area contributed by atoms with Gasteiger partial charge in [-0.3, -0.25) is 4.79 Å². The maximum absolute atomic E-state index is 9.98. The summed E-state index contributed by atoms with van der Waals surface area (Å²) in [5, 5.41) is 0. The normalized spacial score (nSPS) is 8.33. The van der Waals surface area contributed by atoms with Crippen LogP contribution >= 0.6 is 0 Å². The van der Waals surface area contributed by atoms with Gasteiger partial charge in [-0.15, -0.1) is 0 Å². The zero-order valence-corrected chi connectivity index (χ0v) is 10.4. The molecule has 84 valence electrons. The molecule has 0 amide bonds. The first-order valence-electron chi connectivity index (χ1n) is 5.51. The molecule has 0 bridgehead atoms. The summed E-state index contributed by atoms with van der Waals surface area (Å²) in [6.07, 6.45) is 4.07. The Hall–Kier alpha value is -1.37. The predicted molar refractivity (Wildman–Crippen MR) is 69.0 cm³/mol. The summed E-state index contributed by atoms with van der Waals surface area (Å²) in [5.74, 6) is 0. The van der Waals surface area contributed by atoms with E-state index in [1.165, 1.54) is 11.6 Å². The molecule has 1 aromatic carbocycles. The summed E-state index contributed by atoms with van der Waals surface area (Å²) in [6.45, 7) is 10.0. The number of carbonyl (C=O) groups is 1. The maximum atomic E-state index is 9.98. The van der Waals surface area contributed by atoms with Gasteiger partial charge in [-0.2, -0.15) is 0 Å². The van der Waals surface area contributed by atoms with Gasteiger partial charge in [0.2, 0.25) is 0 Å². The Labute approximate surface area is 93.8 Å². The number of aryl methyl sites for hydroxylation is 1. The number of rotatable bonds is 2. The van der Waals surface area contributed by atoms with Crippen LogP contribution in [0.3, 0.4) is 0 Å². The molecule has 0 fully saturated rings. The van der Waals surface area contributed by atoms with Crippen LogP contribution in [0.1, 0.15) is 38.8 Å². The third kappa shape index (κ3) is 8.95. The zero-order chi connectivity index (χ0) is 12.1. The maximum Gasteiger partial charge on any atom is 0.142 e. The Kier molecular flexibility index (Phi) is 13.5. The molecule has 0 spiro atoms. The number of hydrogen-bond acceptors (Lipinski definition) is 1. The number of aldehydes is 1. The van der Waals surface area contributed by atoms with E-state index < -0.39 is 0 Å². The summed E-state index contributed by atoms with van der Waals surface area (Å²) in [7, 11) is 0. The molecular weight excluding hydrogens is 184 g/mol. The molecule has 0 saturated heterocycles. The van der Waals surface area contributed by atoms with Gasteiger partial charge in [0.15, 0.2) is 0 Å². The minimum absolute atomic E-state index is 0.780. The summed E-state index contributed by atoms with van der Waals surface area (Å²) < 4.78 is 0. The van der Waals surface area contributed by atoms with Crippen molar-refractivity contribution in [3.8, 4) is 0 Å². The van der Waals surface area contributed by atoms with Gasteiger partial charge in [0.25, 0.3) is 0 Å². The van der Waals surface area contributed by atoms with Crippen molar-refractivity contribution in [2.45, 2.75) is 34.6 Å². The van der Waals surface area contributed by atoms with Gasteiger partial charge in [0.05, 0.1) is 0 Å². The number of allylic oxidation sites excluding steroid dienone is 1. The van der Waals surface area contributed by atoms with Crippen molar-refractivity contribution in [2.75, 3.05) is 0 Å². The fourth-order valence-corrected chi connectivity index (χ4v) is 0.924. The molecule has 0 saturated carbocycles. The number of carbonyl (C=O) groups excluding carboxylic acids is 1. The first kappa shape index (κ1) is 16.1. The lowest BCUT2D eigenvalue weighted by Gasteiger charge is -1.93. The van der Waals surface area contributed by atoms with E-state index in [0.717, 1.165) is 11.8 Å². The third-order valence-electron chi connectivity index (χ3n) is 1.41. The lowest BCUT2D eigenvalue weighted by molar-refractivity contribution is -0.104. The Bertz CT molecular complexity index is 274. The van der Waals surface area contributed by atoms with Crippen molar-refractivity contribution in [2.24, 2.45) is 0 Å². The lowest BCUT2D eigenvalue weighted by atomic mass is 10.1. The molecule has 0 atom stereocenters. The molecule has 1 nitrogen and oxygen atoms in total. The molecule has 15 heavy (non-hydrogen) atoms. The predicted octanol–water partition coefficient (Wildman–Crippen LogP) is 4.26. The van der Waals surface area contributed by atoms with E-state index in [0.29, 0.717) is 0 Å². The van der Waals surface area contributed by atoms with E-state index in [-0.39, 0.29) is 0 Å². The second-order valence-corrected chi connectivity index (χ2v) is 2.41. The highest BCUT2D eigenvalue weighted by Gasteiger charge is 1.85. The van der Waals surface area contributed by atoms with Gasteiger partial charge >= 0.3 is 0 Å². The molecule has 0 radical (unpaired) electrons. The van der Waals surface area contributed by atoms with Crippen LogP contribution in [0.4, 0.5) is 0 Å². The Morgan fingerprint density at radius 1 is 1.07 bits per heavy atom. The van der Waals surface area contributed by atoms with Crippen molar-refractivity contribution in [3.63, 3.8) is 0 Å². The molecule has 0 N–H and O–H groups in total. The van der Waals surface area contributed by atoms with Gasteiger partial charge < -0.3 is 0 Å². The van der Waals surface area contributed by atoms with Gasteiger partial charge in [-0.1, -0.05) is 63.6 Å². The fraction of sp³-hybridized carbons (Fsp3) is 0.357. The Balaban J connectivity index is 0. The van der Waals surface area contributed by atoms with Gasteiger partial charge in [0, 0.05) is 0 Å². The average Bonchev–Trinajstić information content (AvgIpc) is 2.32. The quantitative estimate of drug-likeness (QED) is 0.522. The largest absolute Gasteiger partial charge is 0.299 e. The van der Waals surface area contributed by atoms with Gasteiger partial charge in [-0.25, -0.2) is 0 Å². The highest BCUT2D eigenvalue weighted by Crippen LogP contribution is 2.04. The van der Waals surface area contributed by atoms with E-state index in [1.807, 2.05) is 58.9 Å². The molecule has 1 heteroatoms. The van der Waals surface area contributed by atoms with E-state index in [9.17, 15) is 4.79 Å². The van der Waals surface area contributed by atoms with E-state index >= 15 is 0 Å². The minimum Gasteiger partial charge on any atom is -0.299 e. The van der Waals surface area contributed by atoms with E-state index in [2.05, 4.69) is 0 Å². The van der Waals surface area contributed by atoms with Crippen LogP contribution < -0.4 is 0 Å². The smallest absolute Gasteiger partial charge is 0.142 e. The fourth-order valence-electron chi connectivity index (χ4n) is 0.924. The van der Waals surface area contributed by atoms with E-state index in [4.69, 9.17) is 0 Å². The summed E-state index contributed by atoms with van der Waals surface area (Å²) in [6, 6.07) is 7.99. The highest BCUT2D eigenvalue weighted by molar-refractivity contribution is 5.73. The van der Waals surface area contributed by atoms with Gasteiger partial charge in [0.1, 0.15) is 6.29 Å². The van der Waals surface area contributed by atoms with Crippen molar-refractivity contribution < 1.29 is 4.79 Å². The molecule has 0 unspecified atom stereocenters. The molecule has 0 aliphatic rings. The number of benzene rings is 1. The zero-order valence-electron chi connectivity index (χ0n) is 10.4. The summed E-state index contributed by atoms with van der Waals surface area (Å²) >= 11 is 0. The van der Waals surface area contributed by atoms with Crippen LogP contribution in [-0.2, 0) is 4.79 Å². The van der Waals surface area contributed by atoms with Crippen molar-refractivity contribution in [3.05, 3.63) is 41.5 Å². The molecular formula is C14H22O. The summed E-state index contributed by atoms with van der Waals surface area (Å²) in [5.41, 5.74) is 2.27. The molecule has 1 rings (SSSR count). The molecule has 0 aliphatic carbocycles. The van der Waals surface area contributed by atoms with Crippen molar-refractivity contribution in [1.29, 1.82) is 0 Å². The standard InChI is InChI=1S/C10H10O.2C2H6/c1-9-4-2-5-10(8-9)6-3-7-11;2*1-2/h2-8H,1H3;2*1-2H3/b6-3+;;. The van der Waals surface area contributed by atoms with Crippen molar-refractivity contribution >= 4 is 12.4 Å². The monoisotopic (exact) mass is 206 g/mol. The number of hydrogen-bond donors (Lipinski definition) is 0. The van der Waals surface area contributed by atoms with Crippen LogP contribution in [-0.4, -0.2) is 6.29 Å². The molecule has 0 heterocycles. The minimum atomic E-state index is 0.780. The van der Waals surface area contributed by atoms with Gasteiger partial charge in [-0.05, 0) is 18.6 Å². The topological polar surface area (TPSA) is 17.1 Å². The highest BCUT2D eigenvalue weighted by atomic mass is 16.1. The second-order valence-electron chi connectivity index (χ2n) is 2.41. The first-order valence-corrected chi connectivity index (χ1v) is 5.51.